The Morgan fingerprint density at radius 3 is 2.24 bits per heavy atom. The second-order valence-electron chi connectivity index (χ2n) is 14.3. The van der Waals surface area contributed by atoms with Gasteiger partial charge < -0.3 is 35.0 Å². The molecule has 1 aromatic rings. The standard InChI is InChI=1S/C37H64N6O7/c1-12-24(4)33(42(9)37(48)31(26(6)44)40-36(47)32(23(2)3)41(7)8)29(49-10)22-30(45)43-21-15-17-28(43)34(50-11)25(5)35(46)39-20-18-27-16-13-14-19-38-27/h13-14,16,19,23-26,28-29,31-34,44H,12,15,17-18,20-22H2,1-11H3,(H,39,46)(H,40,47)/t24-,25-,26-,28+,29-,31+,32+,33-,34-/m1/s1. The second kappa shape index (κ2) is 20.7. The molecule has 1 aromatic heterocycles. The number of rotatable bonds is 20. The number of pyridine rings is 1. The lowest BCUT2D eigenvalue weighted by Crippen LogP contribution is -2.61. The van der Waals surface area contributed by atoms with Crippen LogP contribution in [0.25, 0.3) is 0 Å². The summed E-state index contributed by atoms with van der Waals surface area (Å²) >= 11 is 0. The van der Waals surface area contributed by atoms with Gasteiger partial charge in [0.25, 0.3) is 0 Å². The molecule has 1 aliphatic rings. The number of aliphatic hydroxyl groups excluding tert-OH is 1. The molecule has 0 unspecified atom stereocenters. The van der Waals surface area contributed by atoms with Crippen molar-refractivity contribution in [2.45, 2.75) is 116 Å². The highest BCUT2D eigenvalue weighted by atomic mass is 16.5. The summed E-state index contributed by atoms with van der Waals surface area (Å²) in [5, 5.41) is 16.5. The minimum absolute atomic E-state index is 0.00245. The fourth-order valence-corrected chi connectivity index (χ4v) is 7.31. The van der Waals surface area contributed by atoms with Crippen molar-refractivity contribution in [1.82, 2.24) is 30.3 Å². The van der Waals surface area contributed by atoms with Crippen LogP contribution in [-0.2, 0) is 35.1 Å². The molecule has 3 N–H and O–H groups in total. The molecule has 0 spiro atoms. The van der Waals surface area contributed by atoms with Gasteiger partial charge in [-0.25, -0.2) is 0 Å². The highest BCUT2D eigenvalue weighted by molar-refractivity contribution is 5.90. The summed E-state index contributed by atoms with van der Waals surface area (Å²) in [6.45, 7) is 12.1. The van der Waals surface area contributed by atoms with Crippen molar-refractivity contribution in [3.63, 3.8) is 0 Å². The van der Waals surface area contributed by atoms with Gasteiger partial charge in [-0.3, -0.25) is 29.1 Å². The number of ether oxygens (including phenoxy) is 2. The van der Waals surface area contributed by atoms with Gasteiger partial charge in [-0.1, -0.05) is 47.1 Å². The first-order chi connectivity index (χ1) is 23.6. The van der Waals surface area contributed by atoms with E-state index in [9.17, 15) is 24.3 Å². The molecule has 0 radical (unpaired) electrons. The van der Waals surface area contributed by atoms with Gasteiger partial charge in [0.2, 0.25) is 23.6 Å². The van der Waals surface area contributed by atoms with Gasteiger partial charge in [-0.15, -0.1) is 0 Å². The van der Waals surface area contributed by atoms with Crippen molar-refractivity contribution in [3.05, 3.63) is 30.1 Å². The summed E-state index contributed by atoms with van der Waals surface area (Å²) in [6, 6.07) is 3.17. The molecular weight excluding hydrogens is 640 g/mol. The number of likely N-dealkylation sites (tertiary alicyclic amines) is 1. The van der Waals surface area contributed by atoms with E-state index in [0.717, 1.165) is 12.1 Å². The summed E-state index contributed by atoms with van der Waals surface area (Å²) in [6.07, 6.45) is 2.16. The fourth-order valence-electron chi connectivity index (χ4n) is 7.31. The molecule has 0 saturated carbocycles. The molecule has 1 fully saturated rings. The summed E-state index contributed by atoms with van der Waals surface area (Å²) in [5.41, 5.74) is 0.891. The third kappa shape index (κ3) is 11.4. The normalized spacial score (nSPS) is 19.6. The first kappa shape index (κ1) is 43.0. The number of nitrogens with zero attached hydrogens (tertiary/aromatic N) is 4. The molecule has 13 nitrogen and oxygen atoms in total. The zero-order valence-corrected chi connectivity index (χ0v) is 32.2. The minimum Gasteiger partial charge on any atom is -0.391 e. The number of hydrogen-bond donors (Lipinski definition) is 3. The maximum atomic E-state index is 14.0. The number of hydrogen-bond acceptors (Lipinski definition) is 9. The zero-order chi connectivity index (χ0) is 37.7. The molecule has 2 heterocycles. The second-order valence-corrected chi connectivity index (χ2v) is 14.3. The van der Waals surface area contributed by atoms with Gasteiger partial charge in [0.1, 0.15) is 6.04 Å². The monoisotopic (exact) mass is 704 g/mol. The largest absolute Gasteiger partial charge is 0.391 e. The molecule has 1 saturated heterocycles. The average Bonchev–Trinajstić information content (AvgIpc) is 3.56. The number of methoxy groups -OCH3 is 2. The van der Waals surface area contributed by atoms with Crippen LogP contribution in [0.1, 0.15) is 72.9 Å². The third-order valence-corrected chi connectivity index (χ3v) is 10.2. The van der Waals surface area contributed by atoms with E-state index < -0.39 is 48.3 Å². The van der Waals surface area contributed by atoms with E-state index in [0.29, 0.717) is 32.4 Å². The highest BCUT2D eigenvalue weighted by Gasteiger charge is 2.43. The Hall–Kier alpha value is -3.13. The van der Waals surface area contributed by atoms with Crippen LogP contribution in [0.5, 0.6) is 0 Å². The molecule has 0 aromatic carbocycles. The fraction of sp³-hybridized carbons (Fsp3) is 0.757. The van der Waals surface area contributed by atoms with Gasteiger partial charge in [-0.2, -0.15) is 0 Å². The Morgan fingerprint density at radius 1 is 1.04 bits per heavy atom. The molecule has 50 heavy (non-hydrogen) atoms. The van der Waals surface area contributed by atoms with Gasteiger partial charge >= 0.3 is 0 Å². The first-order valence-corrected chi connectivity index (χ1v) is 18.0. The lowest BCUT2D eigenvalue weighted by molar-refractivity contribution is -0.149. The van der Waals surface area contributed by atoms with Gasteiger partial charge in [-0.05, 0) is 57.8 Å². The zero-order valence-electron chi connectivity index (χ0n) is 32.2. The maximum absolute atomic E-state index is 14.0. The predicted molar refractivity (Wildman–Crippen MR) is 193 cm³/mol. The molecule has 0 bridgehead atoms. The number of carbonyl (C=O) groups is 4. The van der Waals surface area contributed by atoms with Crippen LogP contribution in [0, 0.1) is 17.8 Å². The molecule has 13 heteroatoms. The molecular formula is C37H64N6O7. The van der Waals surface area contributed by atoms with Crippen molar-refractivity contribution in [3.8, 4) is 0 Å². The smallest absolute Gasteiger partial charge is 0.247 e. The van der Waals surface area contributed by atoms with Crippen LogP contribution >= 0.6 is 0 Å². The van der Waals surface area contributed by atoms with Crippen molar-refractivity contribution in [1.29, 1.82) is 0 Å². The Balaban J connectivity index is 2.21. The van der Waals surface area contributed by atoms with E-state index in [1.807, 2.05) is 52.8 Å². The van der Waals surface area contributed by atoms with Crippen LogP contribution in [-0.4, -0.2) is 139 Å². The molecule has 0 aliphatic carbocycles. The molecule has 2 rings (SSSR count). The van der Waals surface area contributed by atoms with Gasteiger partial charge in [0.05, 0.1) is 48.8 Å². The summed E-state index contributed by atoms with van der Waals surface area (Å²) < 4.78 is 11.8. The van der Waals surface area contributed by atoms with E-state index in [4.69, 9.17) is 9.47 Å². The van der Waals surface area contributed by atoms with E-state index in [-0.39, 0.29) is 42.0 Å². The van der Waals surface area contributed by atoms with Crippen LogP contribution in [0.4, 0.5) is 0 Å². The average molecular weight is 705 g/mol. The van der Waals surface area contributed by atoms with Crippen molar-refractivity contribution in [2.24, 2.45) is 17.8 Å². The first-order valence-electron chi connectivity index (χ1n) is 18.0. The Morgan fingerprint density at radius 2 is 1.72 bits per heavy atom. The Labute approximate surface area is 299 Å². The van der Waals surface area contributed by atoms with Crippen LogP contribution in [0.3, 0.4) is 0 Å². The molecule has 284 valence electrons. The minimum atomic E-state index is -1.18. The topological polar surface area (TPSA) is 154 Å². The van der Waals surface area contributed by atoms with Crippen molar-refractivity contribution < 1.29 is 33.8 Å². The van der Waals surface area contributed by atoms with Crippen LogP contribution < -0.4 is 10.6 Å². The number of aromatic nitrogens is 1. The lowest BCUT2D eigenvalue weighted by Gasteiger charge is -2.41. The number of aliphatic hydroxyl groups is 1. The SMILES string of the molecule is CC[C@@H](C)[C@H]([C@@H](CC(=O)N1CCC[C@H]1[C@H](OC)[C@@H](C)C(=O)NCCc1ccccn1)OC)N(C)C(=O)[C@@H](NC(=O)[C@H](C(C)C)N(C)C)[C@@H](C)O. The number of likely N-dealkylation sites (N-methyl/N-ethyl adjacent to an activating group) is 2. The third-order valence-electron chi connectivity index (χ3n) is 10.2. The van der Waals surface area contributed by atoms with Crippen molar-refractivity contribution >= 4 is 23.6 Å². The van der Waals surface area contributed by atoms with Crippen LogP contribution in [0.2, 0.25) is 0 Å². The number of carbonyl (C=O) groups excluding carboxylic acids is 4. The van der Waals surface area contributed by atoms with Gasteiger partial charge in [0, 0.05) is 52.7 Å². The van der Waals surface area contributed by atoms with Gasteiger partial charge in [0.15, 0.2) is 0 Å². The maximum Gasteiger partial charge on any atom is 0.247 e. The number of nitrogens with one attached hydrogen (secondary N) is 2. The van der Waals surface area contributed by atoms with E-state index in [2.05, 4.69) is 15.6 Å². The Bertz CT molecular complexity index is 1210. The molecule has 9 atom stereocenters. The van der Waals surface area contributed by atoms with E-state index in [1.165, 1.54) is 18.9 Å². The lowest BCUT2D eigenvalue weighted by atomic mass is 9.89. The van der Waals surface area contributed by atoms with E-state index >= 15 is 0 Å². The highest BCUT2D eigenvalue weighted by Crippen LogP contribution is 2.29. The molecule has 4 amide bonds. The predicted octanol–water partition coefficient (Wildman–Crippen LogP) is 2.11. The molecule has 1 aliphatic heterocycles. The van der Waals surface area contributed by atoms with Crippen molar-refractivity contribution in [2.75, 3.05) is 48.5 Å². The van der Waals surface area contributed by atoms with E-state index in [1.54, 1.807) is 44.2 Å². The summed E-state index contributed by atoms with van der Waals surface area (Å²) in [7, 11) is 8.33. The number of amides is 4. The van der Waals surface area contributed by atoms with Crippen LogP contribution in [0.15, 0.2) is 24.4 Å². The Kier molecular flexibility index (Phi) is 17.8. The quantitative estimate of drug-likeness (QED) is 0.185. The summed E-state index contributed by atoms with van der Waals surface area (Å²) in [5.74, 6) is -1.71. The summed E-state index contributed by atoms with van der Waals surface area (Å²) in [4.78, 5) is 63.9.